The summed E-state index contributed by atoms with van der Waals surface area (Å²) in [5, 5.41) is 10.4. The van der Waals surface area contributed by atoms with Crippen LogP contribution in [0.2, 0.25) is 0 Å². The number of hydrogen-bond donors (Lipinski definition) is 1. The highest BCUT2D eigenvalue weighted by Gasteiger charge is 2.57. The van der Waals surface area contributed by atoms with Crippen LogP contribution >= 0.6 is 0 Å². The summed E-state index contributed by atoms with van der Waals surface area (Å²) in [6.45, 7) is -1.70. The first-order valence-electron chi connectivity index (χ1n) is 16.7. The van der Waals surface area contributed by atoms with Gasteiger partial charge in [-0.05, 0) is 55.8 Å². The molecule has 1 aliphatic carbocycles. The zero-order valence-electron chi connectivity index (χ0n) is 27.2. The molecule has 8 rings (SSSR count). The number of rotatable bonds is 5. The molecular formula is C35H31F4N7O. The summed E-state index contributed by atoms with van der Waals surface area (Å²) < 4.78 is 85.8. The normalized spacial score (nSPS) is 29.4. The van der Waals surface area contributed by atoms with Gasteiger partial charge in [0.25, 0.3) is 0 Å². The van der Waals surface area contributed by atoms with E-state index in [2.05, 4.69) is 26.9 Å². The van der Waals surface area contributed by atoms with Gasteiger partial charge in [-0.25, -0.2) is 17.6 Å². The van der Waals surface area contributed by atoms with Crippen LogP contribution in [0.1, 0.15) is 40.4 Å². The lowest BCUT2D eigenvalue weighted by Gasteiger charge is -2.31. The van der Waals surface area contributed by atoms with Crippen LogP contribution in [0.25, 0.3) is 32.9 Å². The summed E-state index contributed by atoms with van der Waals surface area (Å²) in [6, 6.07) is 6.75. The first kappa shape index (κ1) is 27.4. The van der Waals surface area contributed by atoms with Crippen LogP contribution in [0.4, 0.5) is 29.1 Å². The molecule has 0 unspecified atom stereocenters. The van der Waals surface area contributed by atoms with Crippen LogP contribution in [-0.4, -0.2) is 70.0 Å². The quantitative estimate of drug-likeness (QED) is 0.167. The van der Waals surface area contributed by atoms with E-state index in [4.69, 9.17) is 19.6 Å². The molecule has 0 amide bonds. The highest BCUT2D eigenvalue weighted by molar-refractivity contribution is 6.03. The average molecular weight is 644 g/mol. The van der Waals surface area contributed by atoms with Crippen molar-refractivity contribution >= 4 is 33.2 Å². The summed E-state index contributed by atoms with van der Waals surface area (Å²) in [7, 11) is 0. The molecule has 4 fully saturated rings. The summed E-state index contributed by atoms with van der Waals surface area (Å²) in [6.07, 6.45) is 6.16. The Morgan fingerprint density at radius 1 is 1.21 bits per heavy atom. The Bertz CT molecular complexity index is 2120. The van der Waals surface area contributed by atoms with Gasteiger partial charge in [0.15, 0.2) is 5.82 Å². The second-order valence-electron chi connectivity index (χ2n) is 13.0. The lowest BCUT2D eigenvalue weighted by molar-refractivity contribution is 0.107. The van der Waals surface area contributed by atoms with Gasteiger partial charge in [-0.3, -0.25) is 9.88 Å². The van der Waals surface area contributed by atoms with Crippen molar-refractivity contribution in [3.63, 3.8) is 0 Å². The van der Waals surface area contributed by atoms with Gasteiger partial charge in [-0.1, -0.05) is 12.0 Å². The van der Waals surface area contributed by atoms with E-state index in [1.54, 1.807) is 15.9 Å². The van der Waals surface area contributed by atoms with Gasteiger partial charge < -0.3 is 15.4 Å². The molecule has 2 N–H and O–H groups in total. The number of halogens is 4. The Hall–Kier alpha value is -4.68. The Balaban J connectivity index is 1.32. The molecule has 0 spiro atoms. The van der Waals surface area contributed by atoms with Crippen molar-refractivity contribution in [2.75, 3.05) is 36.8 Å². The number of hydrogen-bond acceptors (Lipinski definition) is 8. The van der Waals surface area contributed by atoms with Gasteiger partial charge in [-0.15, -0.1) is 6.42 Å². The van der Waals surface area contributed by atoms with Crippen molar-refractivity contribution in [3.8, 4) is 35.7 Å². The molecule has 4 aliphatic rings. The number of terminal acetylenes is 1. The Morgan fingerprint density at radius 3 is 2.87 bits per heavy atom. The number of alkyl halides is 2. The zero-order chi connectivity index (χ0) is 34.4. The van der Waals surface area contributed by atoms with Gasteiger partial charge in [0, 0.05) is 54.2 Å². The van der Waals surface area contributed by atoms with Crippen molar-refractivity contribution in [2.24, 2.45) is 11.8 Å². The first-order valence-corrected chi connectivity index (χ1v) is 15.7. The smallest absolute Gasteiger partial charge is 0.319 e. The molecule has 240 valence electrons. The number of benzene rings is 2. The molecule has 5 heterocycles. The molecule has 3 saturated heterocycles. The first-order chi connectivity index (χ1) is 23.5. The predicted octanol–water partition coefficient (Wildman–Crippen LogP) is 5.72. The van der Waals surface area contributed by atoms with E-state index in [1.807, 2.05) is 0 Å². The fraction of sp³-hybridized carbons (Fsp3) is 0.429. The topological polar surface area (TPSA) is 104 Å². The predicted molar refractivity (Wildman–Crippen MR) is 169 cm³/mol. The molecule has 1 saturated carbocycles. The van der Waals surface area contributed by atoms with Crippen LogP contribution < -0.4 is 15.4 Å². The summed E-state index contributed by atoms with van der Waals surface area (Å²) >= 11 is 0. The molecule has 2 aromatic carbocycles. The number of nitriles is 1. The summed E-state index contributed by atoms with van der Waals surface area (Å²) in [5.74, 6) is -0.0694. The molecular weight excluding hydrogens is 610 g/mol. The van der Waals surface area contributed by atoms with Crippen molar-refractivity contribution in [2.45, 2.75) is 56.0 Å². The Labute approximate surface area is 271 Å². The number of ether oxygens (including phenoxy) is 1. The summed E-state index contributed by atoms with van der Waals surface area (Å²) in [4.78, 5) is 16.7. The number of pyridine rings is 1. The minimum Gasteiger partial charge on any atom is -0.461 e. The maximum absolute atomic E-state index is 17.0. The van der Waals surface area contributed by atoms with E-state index in [0.717, 1.165) is 0 Å². The number of nitrogens with zero attached hydrogens (tertiary/aromatic N) is 6. The van der Waals surface area contributed by atoms with Crippen molar-refractivity contribution in [1.29, 1.82) is 5.26 Å². The third-order valence-corrected chi connectivity index (χ3v) is 10.2. The maximum Gasteiger partial charge on any atom is 0.319 e. The molecule has 12 heteroatoms. The van der Waals surface area contributed by atoms with Gasteiger partial charge in [0.2, 0.25) is 0 Å². The Kier molecular flexibility index (Phi) is 6.39. The van der Waals surface area contributed by atoms with Crippen molar-refractivity contribution in [1.82, 2.24) is 19.9 Å². The van der Waals surface area contributed by atoms with E-state index < -0.39 is 54.0 Å². The maximum atomic E-state index is 17.0. The van der Waals surface area contributed by atoms with Crippen LogP contribution in [0.15, 0.2) is 30.5 Å². The number of nitrogens with two attached hydrogens (primary N) is 1. The molecule has 3 aliphatic heterocycles. The third kappa shape index (κ3) is 4.72. The van der Waals surface area contributed by atoms with Gasteiger partial charge in [0.1, 0.15) is 41.7 Å². The number of anilines is 2. The van der Waals surface area contributed by atoms with E-state index >= 15 is 8.78 Å². The largest absolute Gasteiger partial charge is 0.461 e. The lowest BCUT2D eigenvalue weighted by atomic mass is 9.95. The van der Waals surface area contributed by atoms with Crippen LogP contribution in [-0.2, 0) is 0 Å². The molecule has 4 aromatic rings. The zero-order valence-corrected chi connectivity index (χ0v) is 25.2. The molecule has 2 aromatic heterocycles. The SMILES string of the molecule is [2H]C([2H])(Oc1nc(N2CC[C@H](C#N)C[C@@H]3[C@@H](F)[C@@H]32)c2cnc(-c3cc(N)cc4ccc(F)c(C#C)c34)c(F)c2n1)[C@@]12CCCN1C[C@H](F)C2. The average Bonchev–Trinajstić information content (AvgIpc) is 3.37. The molecule has 8 nitrogen and oxygen atoms in total. The fourth-order valence-corrected chi connectivity index (χ4v) is 7.91. The van der Waals surface area contributed by atoms with E-state index in [-0.39, 0.29) is 70.0 Å². The van der Waals surface area contributed by atoms with Crippen LogP contribution in [0.5, 0.6) is 6.01 Å². The number of nitrogen functional groups attached to an aromatic ring is 1. The molecule has 6 atom stereocenters. The van der Waals surface area contributed by atoms with Gasteiger partial charge in [0.05, 0.1) is 31.3 Å². The standard InChI is InChI=1S/C35H31F4N7O/c1-2-22-26(37)5-4-19-11-21(41)12-23(27(19)22)30-29(39)31-25(15-42-30)33(46-9-6-18(14-40)10-24-28(38)32(24)46)44-34(43-31)47-17-35-7-3-8-45(35)16-20(36)13-35/h1,4-5,11-12,15,18,20,24,28,32H,3,6-10,13,16-17,41H2/t18-,20+,24+,28+,32+,35-/m0/s1/i17D2. The molecule has 47 heavy (non-hydrogen) atoms. The number of aromatic nitrogens is 3. The van der Waals surface area contributed by atoms with E-state index in [1.165, 1.54) is 24.4 Å². The van der Waals surface area contributed by atoms with Crippen molar-refractivity contribution < 1.29 is 25.0 Å². The highest BCUT2D eigenvalue weighted by Crippen LogP contribution is 2.49. The minimum atomic E-state index is -2.49. The summed E-state index contributed by atoms with van der Waals surface area (Å²) in [5.41, 5.74) is 4.58. The van der Waals surface area contributed by atoms with Crippen molar-refractivity contribution in [3.05, 3.63) is 47.7 Å². The molecule has 0 bridgehead atoms. The van der Waals surface area contributed by atoms with Gasteiger partial charge in [-0.2, -0.15) is 15.2 Å². The highest BCUT2D eigenvalue weighted by atomic mass is 19.1. The number of fused-ring (bicyclic) bond motifs is 4. The van der Waals surface area contributed by atoms with E-state index in [0.29, 0.717) is 37.6 Å². The second kappa shape index (κ2) is 11.0. The Morgan fingerprint density at radius 2 is 2.06 bits per heavy atom. The third-order valence-electron chi connectivity index (χ3n) is 10.2. The van der Waals surface area contributed by atoms with Gasteiger partial charge >= 0.3 is 6.01 Å². The monoisotopic (exact) mass is 643 g/mol. The lowest BCUT2D eigenvalue weighted by Crippen LogP contribution is -2.43. The van der Waals surface area contributed by atoms with E-state index in [9.17, 15) is 14.0 Å². The minimum absolute atomic E-state index is 0.0690. The van der Waals surface area contributed by atoms with Crippen LogP contribution in [0, 0.1) is 47.1 Å². The molecule has 0 radical (unpaired) electrons. The fourth-order valence-electron chi connectivity index (χ4n) is 7.91. The van der Waals surface area contributed by atoms with Crippen LogP contribution in [0.3, 0.4) is 0 Å². The second-order valence-corrected chi connectivity index (χ2v) is 13.0.